The Balaban J connectivity index is 1.96. The minimum atomic E-state index is 0.209. The molecule has 0 aliphatic rings. The van der Waals surface area contributed by atoms with Crippen LogP contribution in [0.15, 0.2) is 29.4 Å². The van der Waals surface area contributed by atoms with Gasteiger partial charge in [-0.15, -0.1) is 5.10 Å². The molecule has 7 nitrogen and oxygen atoms in total. The highest BCUT2D eigenvalue weighted by Gasteiger charge is 2.08. The fraction of sp³-hybridized carbons (Fsp3) is 0.364. The molecule has 0 atom stereocenters. The lowest BCUT2D eigenvalue weighted by Gasteiger charge is -2.04. The van der Waals surface area contributed by atoms with Crippen molar-refractivity contribution in [3.63, 3.8) is 0 Å². The maximum absolute atomic E-state index is 9.25. The SMILES string of the molecule is NCCOCCSc1nnnn1-c1ccc(O)cc1. The molecule has 1 heterocycles. The van der Waals surface area contributed by atoms with Gasteiger partial charge in [0, 0.05) is 12.3 Å². The Hall–Kier alpha value is -1.64. The van der Waals surface area contributed by atoms with Crippen LogP contribution in [-0.2, 0) is 4.74 Å². The second-order valence-electron chi connectivity index (χ2n) is 3.64. The first-order chi connectivity index (χ1) is 9.31. The van der Waals surface area contributed by atoms with E-state index in [9.17, 15) is 5.11 Å². The number of benzene rings is 1. The van der Waals surface area contributed by atoms with Crippen molar-refractivity contribution >= 4 is 11.8 Å². The lowest BCUT2D eigenvalue weighted by Crippen LogP contribution is -2.10. The third kappa shape index (κ3) is 3.91. The highest BCUT2D eigenvalue weighted by Crippen LogP contribution is 2.19. The van der Waals surface area contributed by atoms with E-state index < -0.39 is 0 Å². The largest absolute Gasteiger partial charge is 0.508 e. The zero-order valence-electron chi connectivity index (χ0n) is 10.3. The van der Waals surface area contributed by atoms with E-state index in [1.807, 2.05) is 0 Å². The molecule has 0 bridgehead atoms. The summed E-state index contributed by atoms with van der Waals surface area (Å²) in [5.41, 5.74) is 6.13. The Morgan fingerprint density at radius 2 is 2.05 bits per heavy atom. The van der Waals surface area contributed by atoms with Crippen molar-refractivity contribution in [2.24, 2.45) is 5.73 Å². The Morgan fingerprint density at radius 1 is 1.26 bits per heavy atom. The third-order valence-electron chi connectivity index (χ3n) is 2.26. The van der Waals surface area contributed by atoms with Gasteiger partial charge < -0.3 is 15.6 Å². The van der Waals surface area contributed by atoms with E-state index >= 15 is 0 Å². The lowest BCUT2D eigenvalue weighted by molar-refractivity contribution is 0.158. The Kier molecular flexibility index (Phi) is 5.13. The Labute approximate surface area is 114 Å². The summed E-state index contributed by atoms with van der Waals surface area (Å²) in [5, 5.41) is 21.5. The number of tetrazole rings is 1. The van der Waals surface area contributed by atoms with Crippen molar-refractivity contribution in [2.75, 3.05) is 25.5 Å². The Bertz CT molecular complexity index is 502. The van der Waals surface area contributed by atoms with Crippen LogP contribution in [-0.4, -0.2) is 50.8 Å². The van der Waals surface area contributed by atoms with E-state index in [1.54, 1.807) is 28.9 Å². The number of phenols is 1. The maximum atomic E-state index is 9.25. The van der Waals surface area contributed by atoms with E-state index in [-0.39, 0.29) is 5.75 Å². The molecular formula is C11H15N5O2S. The Morgan fingerprint density at radius 3 is 2.79 bits per heavy atom. The van der Waals surface area contributed by atoms with Gasteiger partial charge in [0.05, 0.1) is 18.9 Å². The summed E-state index contributed by atoms with van der Waals surface area (Å²) < 4.78 is 6.90. The van der Waals surface area contributed by atoms with Crippen molar-refractivity contribution in [1.29, 1.82) is 0 Å². The molecule has 0 amide bonds. The standard InChI is InChI=1S/C11H15N5O2S/c12-5-6-18-7-8-19-11-13-14-15-16(11)9-1-3-10(17)4-2-9/h1-4,17H,5-8,12H2. The number of hydrogen-bond donors (Lipinski definition) is 2. The summed E-state index contributed by atoms with van der Waals surface area (Å²) in [4.78, 5) is 0. The third-order valence-corrected chi connectivity index (χ3v) is 3.14. The molecule has 2 aromatic rings. The van der Waals surface area contributed by atoms with Crippen LogP contribution in [0, 0.1) is 0 Å². The van der Waals surface area contributed by atoms with Gasteiger partial charge in [0.2, 0.25) is 5.16 Å². The van der Waals surface area contributed by atoms with Gasteiger partial charge in [-0.2, -0.15) is 4.68 Å². The first-order valence-electron chi connectivity index (χ1n) is 5.79. The van der Waals surface area contributed by atoms with Crippen LogP contribution in [0.2, 0.25) is 0 Å². The minimum Gasteiger partial charge on any atom is -0.508 e. The summed E-state index contributed by atoms with van der Waals surface area (Å²) >= 11 is 1.50. The zero-order chi connectivity index (χ0) is 13.5. The molecule has 0 unspecified atom stereocenters. The van der Waals surface area contributed by atoms with Crippen LogP contribution >= 0.6 is 11.8 Å². The van der Waals surface area contributed by atoms with Gasteiger partial charge in [-0.1, -0.05) is 11.8 Å². The highest BCUT2D eigenvalue weighted by molar-refractivity contribution is 7.99. The monoisotopic (exact) mass is 281 g/mol. The highest BCUT2D eigenvalue weighted by atomic mass is 32.2. The molecular weight excluding hydrogens is 266 g/mol. The molecule has 0 aliphatic heterocycles. The predicted octanol–water partition coefficient (Wildman–Crippen LogP) is 0.435. The fourth-order valence-electron chi connectivity index (χ4n) is 1.40. The maximum Gasteiger partial charge on any atom is 0.214 e. The molecule has 0 aliphatic carbocycles. The first-order valence-corrected chi connectivity index (χ1v) is 6.78. The number of phenolic OH excluding ortho intramolecular Hbond substituents is 1. The molecule has 2 rings (SSSR count). The predicted molar refractivity (Wildman–Crippen MR) is 71.4 cm³/mol. The molecule has 0 radical (unpaired) electrons. The molecule has 0 spiro atoms. The van der Waals surface area contributed by atoms with Gasteiger partial charge in [0.1, 0.15) is 5.75 Å². The van der Waals surface area contributed by atoms with Gasteiger partial charge >= 0.3 is 0 Å². The number of hydrogen-bond acceptors (Lipinski definition) is 7. The van der Waals surface area contributed by atoms with Gasteiger partial charge in [-0.3, -0.25) is 0 Å². The molecule has 0 saturated heterocycles. The minimum absolute atomic E-state index is 0.209. The first kappa shape index (κ1) is 13.8. The summed E-state index contributed by atoms with van der Waals surface area (Å²) in [6, 6.07) is 6.69. The van der Waals surface area contributed by atoms with Crippen molar-refractivity contribution in [3.05, 3.63) is 24.3 Å². The van der Waals surface area contributed by atoms with E-state index in [4.69, 9.17) is 10.5 Å². The van der Waals surface area contributed by atoms with Gasteiger partial charge in [0.15, 0.2) is 0 Å². The molecule has 1 aromatic heterocycles. The van der Waals surface area contributed by atoms with Crippen LogP contribution in [0.1, 0.15) is 0 Å². The number of nitrogens with two attached hydrogens (primary N) is 1. The number of ether oxygens (including phenoxy) is 1. The van der Waals surface area contributed by atoms with Gasteiger partial charge in [-0.05, 0) is 34.7 Å². The number of rotatable bonds is 7. The van der Waals surface area contributed by atoms with Crippen molar-refractivity contribution in [3.8, 4) is 11.4 Å². The van der Waals surface area contributed by atoms with Crippen LogP contribution < -0.4 is 5.73 Å². The molecule has 3 N–H and O–H groups in total. The topological polar surface area (TPSA) is 99.1 Å². The smallest absolute Gasteiger partial charge is 0.214 e. The van der Waals surface area contributed by atoms with Gasteiger partial charge in [0.25, 0.3) is 0 Å². The normalized spacial score (nSPS) is 10.8. The van der Waals surface area contributed by atoms with E-state index in [2.05, 4.69) is 15.5 Å². The molecule has 0 fully saturated rings. The van der Waals surface area contributed by atoms with E-state index in [1.165, 1.54) is 11.8 Å². The van der Waals surface area contributed by atoms with Crippen molar-refractivity contribution < 1.29 is 9.84 Å². The molecule has 1 aromatic carbocycles. The fourth-order valence-corrected chi connectivity index (χ4v) is 2.14. The van der Waals surface area contributed by atoms with Crippen molar-refractivity contribution in [1.82, 2.24) is 20.2 Å². The van der Waals surface area contributed by atoms with Crippen LogP contribution in [0.5, 0.6) is 5.75 Å². The molecule has 102 valence electrons. The number of aromatic nitrogens is 4. The summed E-state index contributed by atoms with van der Waals surface area (Å²) in [6.07, 6.45) is 0. The van der Waals surface area contributed by atoms with E-state index in [0.29, 0.717) is 24.9 Å². The number of thioether (sulfide) groups is 1. The van der Waals surface area contributed by atoms with E-state index in [0.717, 1.165) is 11.4 Å². The average Bonchev–Trinajstić information content (AvgIpc) is 2.88. The van der Waals surface area contributed by atoms with Crippen LogP contribution in [0.4, 0.5) is 0 Å². The summed E-state index contributed by atoms with van der Waals surface area (Å²) in [6.45, 7) is 1.68. The zero-order valence-corrected chi connectivity index (χ0v) is 11.1. The number of nitrogens with zero attached hydrogens (tertiary/aromatic N) is 4. The van der Waals surface area contributed by atoms with Crippen molar-refractivity contribution in [2.45, 2.75) is 5.16 Å². The summed E-state index contributed by atoms with van der Waals surface area (Å²) in [7, 11) is 0. The van der Waals surface area contributed by atoms with Gasteiger partial charge in [-0.25, -0.2) is 0 Å². The molecule has 0 saturated carbocycles. The molecule has 8 heteroatoms. The second kappa shape index (κ2) is 7.07. The summed E-state index contributed by atoms with van der Waals surface area (Å²) in [5.74, 6) is 0.958. The quantitative estimate of drug-likeness (QED) is 0.561. The van der Waals surface area contributed by atoms with Crippen LogP contribution in [0.25, 0.3) is 5.69 Å². The lowest BCUT2D eigenvalue weighted by atomic mass is 10.3. The van der Waals surface area contributed by atoms with Crippen LogP contribution in [0.3, 0.4) is 0 Å². The average molecular weight is 281 g/mol. The molecule has 19 heavy (non-hydrogen) atoms. The number of aromatic hydroxyl groups is 1. The second-order valence-corrected chi connectivity index (χ2v) is 4.70.